The van der Waals surface area contributed by atoms with Gasteiger partial charge in [-0.3, -0.25) is 14.3 Å². The molecule has 0 saturated carbocycles. The number of halogens is 1. The van der Waals surface area contributed by atoms with E-state index in [1.165, 1.54) is 29.2 Å². The zero-order valence-corrected chi connectivity index (χ0v) is 10.8. The van der Waals surface area contributed by atoms with E-state index in [0.29, 0.717) is 5.69 Å². The maximum absolute atomic E-state index is 13.6. The van der Waals surface area contributed by atoms with Crippen LogP contribution >= 0.6 is 0 Å². The summed E-state index contributed by atoms with van der Waals surface area (Å²) in [6.07, 6.45) is 2.80. The third kappa shape index (κ3) is 3.19. The Hall–Kier alpha value is -2.70. The molecule has 7 heteroatoms. The Morgan fingerprint density at radius 2 is 2.20 bits per heavy atom. The van der Waals surface area contributed by atoms with Gasteiger partial charge in [-0.25, -0.2) is 4.39 Å². The fraction of sp³-hybridized carbons (Fsp3) is 0.154. The van der Waals surface area contributed by atoms with Gasteiger partial charge in [0.05, 0.1) is 17.4 Å². The lowest BCUT2D eigenvalue weighted by Gasteiger charge is -2.04. The summed E-state index contributed by atoms with van der Waals surface area (Å²) in [4.78, 5) is 22.7. The van der Waals surface area contributed by atoms with Gasteiger partial charge in [0.2, 0.25) is 5.91 Å². The molecule has 0 aliphatic carbocycles. The van der Waals surface area contributed by atoms with Crippen LogP contribution in [0.2, 0.25) is 0 Å². The third-order valence-electron chi connectivity index (χ3n) is 2.58. The largest absolute Gasteiger partial charge is 0.368 e. The van der Waals surface area contributed by atoms with Gasteiger partial charge >= 0.3 is 0 Å². The molecule has 104 valence electrons. The Balaban J connectivity index is 2.13. The van der Waals surface area contributed by atoms with Crippen LogP contribution in [0.4, 0.5) is 10.1 Å². The topological polar surface area (TPSA) is 90.0 Å². The molecule has 0 spiro atoms. The maximum Gasteiger partial charge on any atom is 0.258 e. The number of hydrogen-bond donors (Lipinski definition) is 2. The van der Waals surface area contributed by atoms with E-state index in [0.717, 1.165) is 5.56 Å². The molecule has 0 saturated heterocycles. The number of nitrogens with one attached hydrogen (secondary N) is 1. The molecule has 1 aromatic heterocycles. The first kappa shape index (κ1) is 13.7. The van der Waals surface area contributed by atoms with Crippen LogP contribution in [0.25, 0.3) is 0 Å². The molecule has 3 N–H and O–H groups in total. The van der Waals surface area contributed by atoms with Crippen molar-refractivity contribution >= 4 is 17.5 Å². The van der Waals surface area contributed by atoms with Gasteiger partial charge in [-0.15, -0.1) is 0 Å². The molecule has 0 aliphatic heterocycles. The monoisotopic (exact) mass is 276 g/mol. The molecule has 1 aromatic carbocycles. The van der Waals surface area contributed by atoms with Crippen molar-refractivity contribution in [2.24, 2.45) is 5.73 Å². The van der Waals surface area contributed by atoms with Gasteiger partial charge in [0, 0.05) is 6.20 Å². The van der Waals surface area contributed by atoms with Gasteiger partial charge in [0.15, 0.2) is 0 Å². The lowest BCUT2D eigenvalue weighted by atomic mass is 10.1. The number of benzene rings is 1. The summed E-state index contributed by atoms with van der Waals surface area (Å²) >= 11 is 0. The average molecular weight is 276 g/mol. The molecule has 0 unspecified atom stereocenters. The van der Waals surface area contributed by atoms with Crippen LogP contribution in [-0.4, -0.2) is 21.6 Å². The Morgan fingerprint density at radius 3 is 2.90 bits per heavy atom. The van der Waals surface area contributed by atoms with Gasteiger partial charge in [-0.1, -0.05) is 11.6 Å². The summed E-state index contributed by atoms with van der Waals surface area (Å²) in [5.41, 5.74) is 6.11. The lowest BCUT2D eigenvalue weighted by Crippen LogP contribution is -2.18. The van der Waals surface area contributed by atoms with Crippen molar-refractivity contribution in [2.45, 2.75) is 13.5 Å². The van der Waals surface area contributed by atoms with Crippen molar-refractivity contribution in [1.82, 2.24) is 9.78 Å². The highest BCUT2D eigenvalue weighted by molar-refractivity contribution is 6.04. The lowest BCUT2D eigenvalue weighted by molar-refractivity contribution is -0.118. The number of carbonyl (C=O) groups is 2. The molecule has 2 amide bonds. The molecule has 2 rings (SSSR count). The van der Waals surface area contributed by atoms with Crippen molar-refractivity contribution in [3.05, 3.63) is 47.5 Å². The number of primary amides is 1. The predicted octanol–water partition coefficient (Wildman–Crippen LogP) is 1.07. The number of nitrogens with two attached hydrogens (primary N) is 1. The quantitative estimate of drug-likeness (QED) is 0.875. The Morgan fingerprint density at radius 1 is 1.45 bits per heavy atom. The van der Waals surface area contributed by atoms with Crippen molar-refractivity contribution in [3.8, 4) is 0 Å². The second-order valence-corrected chi connectivity index (χ2v) is 4.33. The van der Waals surface area contributed by atoms with Crippen LogP contribution < -0.4 is 11.1 Å². The summed E-state index contributed by atoms with van der Waals surface area (Å²) in [6.45, 7) is 1.68. The van der Waals surface area contributed by atoms with Crippen LogP contribution in [-0.2, 0) is 11.3 Å². The van der Waals surface area contributed by atoms with Crippen molar-refractivity contribution in [1.29, 1.82) is 0 Å². The highest BCUT2D eigenvalue weighted by Crippen LogP contribution is 2.13. The van der Waals surface area contributed by atoms with Gasteiger partial charge in [0.1, 0.15) is 12.4 Å². The van der Waals surface area contributed by atoms with E-state index in [-0.39, 0.29) is 12.1 Å². The summed E-state index contributed by atoms with van der Waals surface area (Å²) in [7, 11) is 0. The molecular formula is C13H13FN4O2. The minimum absolute atomic E-state index is 0.0485. The molecule has 1 heterocycles. The van der Waals surface area contributed by atoms with Crippen molar-refractivity contribution in [3.63, 3.8) is 0 Å². The van der Waals surface area contributed by atoms with E-state index in [4.69, 9.17) is 5.73 Å². The van der Waals surface area contributed by atoms with Gasteiger partial charge in [-0.2, -0.15) is 5.10 Å². The molecule has 0 atom stereocenters. The van der Waals surface area contributed by atoms with E-state index >= 15 is 0 Å². The number of rotatable bonds is 4. The zero-order chi connectivity index (χ0) is 14.7. The first-order valence-corrected chi connectivity index (χ1v) is 5.84. The Kier molecular flexibility index (Phi) is 3.79. The van der Waals surface area contributed by atoms with E-state index in [2.05, 4.69) is 10.4 Å². The average Bonchev–Trinajstić information content (AvgIpc) is 2.78. The van der Waals surface area contributed by atoms with E-state index in [1.54, 1.807) is 13.0 Å². The molecule has 0 fully saturated rings. The second kappa shape index (κ2) is 5.52. The van der Waals surface area contributed by atoms with Crippen molar-refractivity contribution < 1.29 is 14.0 Å². The molecule has 20 heavy (non-hydrogen) atoms. The van der Waals surface area contributed by atoms with Crippen LogP contribution in [0, 0.1) is 12.7 Å². The highest BCUT2D eigenvalue weighted by Gasteiger charge is 2.13. The zero-order valence-electron chi connectivity index (χ0n) is 10.8. The van der Waals surface area contributed by atoms with Crippen LogP contribution in [0.1, 0.15) is 15.9 Å². The fourth-order valence-corrected chi connectivity index (χ4v) is 1.69. The molecular weight excluding hydrogens is 263 g/mol. The minimum atomic E-state index is -0.599. The Bertz CT molecular complexity index is 666. The first-order chi connectivity index (χ1) is 9.45. The maximum atomic E-state index is 13.6. The number of carbonyl (C=O) groups excluding carboxylic acids is 2. The standard InChI is InChI=1S/C13H13FN4O2/c1-8-2-3-11(14)10(4-8)13(20)17-9-5-16-18(6-9)7-12(15)19/h2-6H,7H2,1H3,(H2,15,19)(H,17,20). The number of aromatic nitrogens is 2. The van der Waals surface area contributed by atoms with E-state index in [9.17, 15) is 14.0 Å². The van der Waals surface area contributed by atoms with Crippen LogP contribution in [0.3, 0.4) is 0 Å². The number of nitrogens with zero attached hydrogens (tertiary/aromatic N) is 2. The molecule has 0 aliphatic rings. The van der Waals surface area contributed by atoms with Gasteiger partial charge < -0.3 is 11.1 Å². The third-order valence-corrected chi connectivity index (χ3v) is 2.58. The summed E-state index contributed by atoms with van der Waals surface area (Å²) in [5, 5.41) is 6.36. The highest BCUT2D eigenvalue weighted by atomic mass is 19.1. The van der Waals surface area contributed by atoms with Gasteiger partial charge in [0.25, 0.3) is 5.91 Å². The van der Waals surface area contributed by atoms with E-state index in [1.807, 2.05) is 0 Å². The van der Waals surface area contributed by atoms with Crippen LogP contribution in [0.15, 0.2) is 30.6 Å². The number of anilines is 1. The summed E-state index contributed by atoms with van der Waals surface area (Å²) in [6, 6.07) is 4.27. The molecule has 0 bridgehead atoms. The first-order valence-electron chi connectivity index (χ1n) is 5.84. The minimum Gasteiger partial charge on any atom is -0.368 e. The normalized spacial score (nSPS) is 10.3. The number of hydrogen-bond acceptors (Lipinski definition) is 3. The SMILES string of the molecule is Cc1ccc(F)c(C(=O)Nc2cnn(CC(N)=O)c2)c1. The fourth-order valence-electron chi connectivity index (χ4n) is 1.69. The molecule has 6 nitrogen and oxygen atoms in total. The van der Waals surface area contributed by atoms with Crippen molar-refractivity contribution in [2.75, 3.05) is 5.32 Å². The smallest absolute Gasteiger partial charge is 0.258 e. The second-order valence-electron chi connectivity index (χ2n) is 4.33. The van der Waals surface area contributed by atoms with Crippen LogP contribution in [0.5, 0.6) is 0 Å². The predicted molar refractivity (Wildman–Crippen MR) is 70.5 cm³/mol. The summed E-state index contributed by atoms with van der Waals surface area (Å²) in [5.74, 6) is -1.72. The number of amides is 2. The van der Waals surface area contributed by atoms with Gasteiger partial charge in [-0.05, 0) is 19.1 Å². The van der Waals surface area contributed by atoms with E-state index < -0.39 is 17.6 Å². The Labute approximate surface area is 114 Å². The number of aryl methyl sites for hydroxylation is 1. The summed E-state index contributed by atoms with van der Waals surface area (Å²) < 4.78 is 14.8. The molecule has 2 aromatic rings. The molecule has 0 radical (unpaired) electrons.